The molecule has 20 heavy (non-hydrogen) atoms. The van der Waals surface area contributed by atoms with Gasteiger partial charge in [0, 0.05) is 26.2 Å². The summed E-state index contributed by atoms with van der Waals surface area (Å²) in [5.74, 6) is 0.254. The molecule has 2 saturated heterocycles. The van der Waals surface area contributed by atoms with Crippen molar-refractivity contribution in [2.45, 2.75) is 57.1 Å². The van der Waals surface area contributed by atoms with Gasteiger partial charge in [0.1, 0.15) is 0 Å². The summed E-state index contributed by atoms with van der Waals surface area (Å²) in [7, 11) is -1.48. The summed E-state index contributed by atoms with van der Waals surface area (Å²) >= 11 is 0. The van der Waals surface area contributed by atoms with Crippen molar-refractivity contribution < 1.29 is 13.2 Å². The first-order valence-electron chi connectivity index (χ1n) is 7.72. The second kappa shape index (κ2) is 6.73. The van der Waals surface area contributed by atoms with Gasteiger partial charge in [-0.2, -0.15) is 4.31 Å². The lowest BCUT2D eigenvalue weighted by Crippen LogP contribution is -2.50. The molecule has 0 aromatic carbocycles. The molecule has 0 aromatic heterocycles. The number of rotatable bonds is 5. The standard InChI is InChI=1S/C14H28N2O3S/c1-14(19-2)8-5-10-16(12-14)20(17,18)11-7-13-6-3-4-9-15-13/h13,15H,3-12H2,1-2H3. The van der Waals surface area contributed by atoms with E-state index in [1.165, 1.54) is 12.8 Å². The van der Waals surface area contributed by atoms with Crippen molar-refractivity contribution in [3.63, 3.8) is 0 Å². The summed E-state index contributed by atoms with van der Waals surface area (Å²) in [5, 5.41) is 3.41. The third kappa shape index (κ3) is 4.16. The van der Waals surface area contributed by atoms with Crippen LogP contribution in [-0.2, 0) is 14.8 Å². The van der Waals surface area contributed by atoms with Crippen LogP contribution in [0.5, 0.6) is 0 Å². The fraction of sp³-hybridized carbons (Fsp3) is 1.00. The maximum atomic E-state index is 12.5. The number of nitrogens with zero attached hydrogens (tertiary/aromatic N) is 1. The Kier molecular flexibility index (Phi) is 5.45. The summed E-state index contributed by atoms with van der Waals surface area (Å²) in [6.07, 6.45) is 6.06. The van der Waals surface area contributed by atoms with E-state index in [1.54, 1.807) is 11.4 Å². The van der Waals surface area contributed by atoms with Gasteiger partial charge in [-0.3, -0.25) is 0 Å². The third-order valence-corrected chi connectivity index (χ3v) is 6.50. The highest BCUT2D eigenvalue weighted by Crippen LogP contribution is 2.26. The molecule has 0 amide bonds. The Balaban J connectivity index is 1.88. The Morgan fingerprint density at radius 2 is 2.15 bits per heavy atom. The largest absolute Gasteiger partial charge is 0.377 e. The van der Waals surface area contributed by atoms with E-state index in [1.807, 2.05) is 6.92 Å². The van der Waals surface area contributed by atoms with E-state index in [0.29, 0.717) is 19.1 Å². The molecule has 2 aliphatic heterocycles. The van der Waals surface area contributed by atoms with Gasteiger partial charge in [-0.15, -0.1) is 0 Å². The zero-order valence-electron chi connectivity index (χ0n) is 12.7. The second-order valence-corrected chi connectivity index (χ2v) is 8.43. The molecule has 0 aromatic rings. The van der Waals surface area contributed by atoms with E-state index in [2.05, 4.69) is 5.32 Å². The first-order valence-corrected chi connectivity index (χ1v) is 9.32. The van der Waals surface area contributed by atoms with Crippen LogP contribution < -0.4 is 5.32 Å². The minimum atomic E-state index is -3.15. The number of ether oxygens (including phenoxy) is 1. The number of nitrogens with one attached hydrogen (secondary N) is 1. The lowest BCUT2D eigenvalue weighted by Gasteiger charge is -2.38. The SMILES string of the molecule is COC1(C)CCCN(S(=O)(=O)CCC2CCCCN2)C1. The van der Waals surface area contributed by atoms with Crippen molar-refractivity contribution in [3.05, 3.63) is 0 Å². The second-order valence-electron chi connectivity index (χ2n) is 6.34. The molecule has 5 nitrogen and oxygen atoms in total. The van der Waals surface area contributed by atoms with E-state index in [4.69, 9.17) is 4.74 Å². The van der Waals surface area contributed by atoms with Crippen molar-refractivity contribution in [1.29, 1.82) is 0 Å². The maximum absolute atomic E-state index is 12.5. The molecule has 2 atom stereocenters. The van der Waals surface area contributed by atoms with Gasteiger partial charge < -0.3 is 10.1 Å². The zero-order valence-corrected chi connectivity index (χ0v) is 13.5. The van der Waals surface area contributed by atoms with Crippen LogP contribution >= 0.6 is 0 Å². The van der Waals surface area contributed by atoms with Crippen LogP contribution in [-0.4, -0.2) is 56.9 Å². The van der Waals surface area contributed by atoms with E-state index >= 15 is 0 Å². The van der Waals surface area contributed by atoms with Crippen LogP contribution in [0.25, 0.3) is 0 Å². The summed E-state index contributed by atoms with van der Waals surface area (Å²) < 4.78 is 32.1. The van der Waals surface area contributed by atoms with Crippen LogP contribution in [0.1, 0.15) is 45.4 Å². The molecule has 0 spiro atoms. The van der Waals surface area contributed by atoms with Crippen LogP contribution in [0.2, 0.25) is 0 Å². The van der Waals surface area contributed by atoms with E-state index in [0.717, 1.165) is 32.2 Å². The molecule has 2 fully saturated rings. The number of piperidine rings is 2. The minimum absolute atomic E-state index is 0.254. The molecule has 2 heterocycles. The molecule has 2 aliphatic rings. The number of methoxy groups -OCH3 is 1. The predicted octanol–water partition coefficient (Wildman–Crippen LogP) is 1.35. The first kappa shape index (κ1) is 16.2. The number of sulfonamides is 1. The minimum Gasteiger partial charge on any atom is -0.377 e. The van der Waals surface area contributed by atoms with E-state index in [9.17, 15) is 8.42 Å². The van der Waals surface area contributed by atoms with E-state index in [-0.39, 0.29) is 11.4 Å². The van der Waals surface area contributed by atoms with Gasteiger partial charge in [0.25, 0.3) is 0 Å². The van der Waals surface area contributed by atoms with Gasteiger partial charge >= 0.3 is 0 Å². The monoisotopic (exact) mass is 304 g/mol. The van der Waals surface area contributed by atoms with Gasteiger partial charge in [0.05, 0.1) is 11.4 Å². The summed E-state index contributed by atoms with van der Waals surface area (Å²) in [5.41, 5.74) is -0.325. The molecule has 118 valence electrons. The highest BCUT2D eigenvalue weighted by atomic mass is 32.2. The lowest BCUT2D eigenvalue weighted by molar-refractivity contribution is -0.0319. The topological polar surface area (TPSA) is 58.6 Å². The average molecular weight is 304 g/mol. The fourth-order valence-corrected chi connectivity index (χ4v) is 4.87. The molecular formula is C14H28N2O3S. The zero-order chi connectivity index (χ0) is 14.6. The van der Waals surface area contributed by atoms with Gasteiger partial charge in [-0.25, -0.2) is 8.42 Å². The normalized spacial score (nSPS) is 33.2. The van der Waals surface area contributed by atoms with Crippen LogP contribution in [0.4, 0.5) is 0 Å². The fourth-order valence-electron chi connectivity index (χ4n) is 3.16. The molecule has 0 radical (unpaired) electrons. The Hall–Kier alpha value is -0.170. The van der Waals surface area contributed by atoms with Crippen molar-refractivity contribution in [1.82, 2.24) is 9.62 Å². The first-order chi connectivity index (χ1) is 9.45. The Morgan fingerprint density at radius 3 is 2.80 bits per heavy atom. The predicted molar refractivity (Wildman–Crippen MR) is 80.3 cm³/mol. The maximum Gasteiger partial charge on any atom is 0.214 e. The van der Waals surface area contributed by atoms with Gasteiger partial charge in [0.15, 0.2) is 0 Å². The molecule has 0 saturated carbocycles. The lowest BCUT2D eigenvalue weighted by atomic mass is 9.96. The molecule has 2 rings (SSSR count). The molecule has 1 N–H and O–H groups in total. The third-order valence-electron chi connectivity index (χ3n) is 4.65. The molecule has 0 bridgehead atoms. The van der Waals surface area contributed by atoms with Gasteiger partial charge in [-0.1, -0.05) is 6.42 Å². The van der Waals surface area contributed by atoms with Gasteiger partial charge in [-0.05, 0) is 45.6 Å². The Labute approximate surface area is 123 Å². The Morgan fingerprint density at radius 1 is 1.35 bits per heavy atom. The number of hydrogen-bond donors (Lipinski definition) is 1. The molecular weight excluding hydrogens is 276 g/mol. The van der Waals surface area contributed by atoms with Gasteiger partial charge in [0.2, 0.25) is 10.0 Å². The molecule has 0 aliphatic carbocycles. The molecule has 6 heteroatoms. The van der Waals surface area contributed by atoms with Crippen molar-refractivity contribution in [2.75, 3.05) is 32.5 Å². The Bertz CT molecular complexity index is 407. The molecule has 2 unspecified atom stereocenters. The summed E-state index contributed by atoms with van der Waals surface area (Å²) in [6.45, 7) is 4.15. The van der Waals surface area contributed by atoms with Crippen LogP contribution in [0.15, 0.2) is 0 Å². The smallest absolute Gasteiger partial charge is 0.214 e. The highest BCUT2D eigenvalue weighted by Gasteiger charge is 2.36. The van der Waals surface area contributed by atoms with Crippen molar-refractivity contribution in [2.24, 2.45) is 0 Å². The summed E-state index contributed by atoms with van der Waals surface area (Å²) in [6, 6.07) is 0.372. The average Bonchev–Trinajstić information content (AvgIpc) is 2.46. The van der Waals surface area contributed by atoms with Crippen LogP contribution in [0.3, 0.4) is 0 Å². The van der Waals surface area contributed by atoms with Crippen molar-refractivity contribution >= 4 is 10.0 Å². The highest BCUT2D eigenvalue weighted by molar-refractivity contribution is 7.89. The van der Waals surface area contributed by atoms with Crippen molar-refractivity contribution in [3.8, 4) is 0 Å². The quantitative estimate of drug-likeness (QED) is 0.833. The summed E-state index contributed by atoms with van der Waals surface area (Å²) in [4.78, 5) is 0. The van der Waals surface area contributed by atoms with Crippen LogP contribution in [0, 0.1) is 0 Å². The van der Waals surface area contributed by atoms with E-state index < -0.39 is 10.0 Å². The number of hydrogen-bond acceptors (Lipinski definition) is 4.